The van der Waals surface area contributed by atoms with Crippen LogP contribution in [-0.2, 0) is 5.41 Å². The fourth-order valence-corrected chi connectivity index (χ4v) is 6.62. The SMILES string of the molecule is CC1(C)c2cc(Nc3cccc4oc5ccc(-c6ccccc6)cc5c34)ccc2-c2c(-c3ccccc3)cccc21. The van der Waals surface area contributed by atoms with Crippen LogP contribution in [0.2, 0.25) is 0 Å². The summed E-state index contributed by atoms with van der Waals surface area (Å²) in [5.74, 6) is 0. The van der Waals surface area contributed by atoms with Crippen molar-refractivity contribution in [3.05, 3.63) is 145 Å². The topological polar surface area (TPSA) is 25.2 Å². The molecular formula is C39H29NO. The second-order valence-corrected chi connectivity index (χ2v) is 11.5. The fourth-order valence-electron chi connectivity index (χ4n) is 6.62. The highest BCUT2D eigenvalue weighted by atomic mass is 16.3. The average molecular weight is 528 g/mol. The molecule has 0 saturated carbocycles. The number of anilines is 2. The van der Waals surface area contributed by atoms with E-state index >= 15 is 0 Å². The Morgan fingerprint density at radius 3 is 2.10 bits per heavy atom. The summed E-state index contributed by atoms with van der Waals surface area (Å²) in [6.07, 6.45) is 0. The van der Waals surface area contributed by atoms with Gasteiger partial charge < -0.3 is 9.73 Å². The van der Waals surface area contributed by atoms with E-state index in [1.54, 1.807) is 0 Å². The van der Waals surface area contributed by atoms with Crippen molar-refractivity contribution in [1.29, 1.82) is 0 Å². The summed E-state index contributed by atoms with van der Waals surface area (Å²) in [4.78, 5) is 0. The fraction of sp³-hybridized carbons (Fsp3) is 0.0769. The summed E-state index contributed by atoms with van der Waals surface area (Å²) in [6, 6.07) is 47.5. The molecule has 1 aliphatic rings. The Hall–Kier alpha value is -5.08. The van der Waals surface area contributed by atoms with E-state index in [9.17, 15) is 0 Å². The lowest BCUT2D eigenvalue weighted by atomic mass is 9.82. The van der Waals surface area contributed by atoms with Gasteiger partial charge in [-0.05, 0) is 80.9 Å². The van der Waals surface area contributed by atoms with Crippen LogP contribution in [0, 0.1) is 0 Å². The highest BCUT2D eigenvalue weighted by Gasteiger charge is 2.37. The van der Waals surface area contributed by atoms with E-state index in [1.165, 1.54) is 44.5 Å². The number of benzene rings is 6. The van der Waals surface area contributed by atoms with Gasteiger partial charge in [0.25, 0.3) is 0 Å². The summed E-state index contributed by atoms with van der Waals surface area (Å²) >= 11 is 0. The Morgan fingerprint density at radius 1 is 0.537 bits per heavy atom. The normalized spacial score (nSPS) is 13.3. The predicted octanol–water partition coefficient (Wildman–Crippen LogP) is 11.0. The van der Waals surface area contributed by atoms with Crippen molar-refractivity contribution in [3.63, 3.8) is 0 Å². The number of hydrogen-bond acceptors (Lipinski definition) is 2. The first-order valence-corrected chi connectivity index (χ1v) is 14.2. The van der Waals surface area contributed by atoms with E-state index in [-0.39, 0.29) is 5.41 Å². The molecule has 41 heavy (non-hydrogen) atoms. The Morgan fingerprint density at radius 2 is 1.29 bits per heavy atom. The third-order valence-corrected chi connectivity index (χ3v) is 8.67. The lowest BCUT2D eigenvalue weighted by molar-refractivity contribution is 0.660. The number of furan rings is 1. The predicted molar refractivity (Wildman–Crippen MR) is 172 cm³/mol. The van der Waals surface area contributed by atoms with Crippen molar-refractivity contribution in [2.45, 2.75) is 19.3 Å². The number of rotatable bonds is 4. The van der Waals surface area contributed by atoms with Crippen molar-refractivity contribution < 1.29 is 4.42 Å². The molecule has 8 rings (SSSR count). The molecule has 1 N–H and O–H groups in total. The number of fused-ring (bicyclic) bond motifs is 6. The largest absolute Gasteiger partial charge is 0.456 e. The summed E-state index contributed by atoms with van der Waals surface area (Å²) < 4.78 is 6.29. The molecule has 0 radical (unpaired) electrons. The Bertz CT molecular complexity index is 2080. The first-order valence-electron chi connectivity index (χ1n) is 14.2. The van der Waals surface area contributed by atoms with Crippen LogP contribution in [0.25, 0.3) is 55.3 Å². The average Bonchev–Trinajstić information content (AvgIpc) is 3.50. The quantitative estimate of drug-likeness (QED) is 0.246. The highest BCUT2D eigenvalue weighted by molar-refractivity contribution is 6.13. The molecule has 6 aromatic carbocycles. The second-order valence-electron chi connectivity index (χ2n) is 11.5. The third-order valence-electron chi connectivity index (χ3n) is 8.67. The minimum Gasteiger partial charge on any atom is -0.456 e. The van der Waals surface area contributed by atoms with Gasteiger partial charge in [-0.2, -0.15) is 0 Å². The monoisotopic (exact) mass is 527 g/mol. The standard InChI is InChI=1S/C39H29NO/c1-39(2)32-16-9-15-29(26-13-7-4-8-14-26)37(32)30-21-20-28(24-33(30)39)40-34-17-10-18-36-38(34)31-23-27(19-22-35(31)41-36)25-11-5-3-6-12-25/h3-24,40H,1-2H3. The molecule has 0 fully saturated rings. The molecule has 0 atom stereocenters. The van der Waals surface area contributed by atoms with Gasteiger partial charge >= 0.3 is 0 Å². The van der Waals surface area contributed by atoms with Crippen LogP contribution < -0.4 is 5.32 Å². The van der Waals surface area contributed by atoms with E-state index in [1.807, 2.05) is 0 Å². The van der Waals surface area contributed by atoms with E-state index < -0.39 is 0 Å². The maximum atomic E-state index is 6.29. The van der Waals surface area contributed by atoms with Crippen LogP contribution in [0.5, 0.6) is 0 Å². The molecule has 2 nitrogen and oxygen atoms in total. The summed E-state index contributed by atoms with van der Waals surface area (Å²) in [6.45, 7) is 4.68. The molecular weight excluding hydrogens is 498 g/mol. The molecule has 0 spiro atoms. The molecule has 0 bridgehead atoms. The van der Waals surface area contributed by atoms with Gasteiger partial charge in [-0.3, -0.25) is 0 Å². The smallest absolute Gasteiger partial charge is 0.137 e. The van der Waals surface area contributed by atoms with Gasteiger partial charge in [0.05, 0.1) is 11.1 Å². The minimum absolute atomic E-state index is 0.105. The van der Waals surface area contributed by atoms with E-state index in [2.05, 4.69) is 153 Å². The van der Waals surface area contributed by atoms with Crippen LogP contribution in [0.3, 0.4) is 0 Å². The third kappa shape index (κ3) is 3.72. The Balaban J connectivity index is 1.24. The van der Waals surface area contributed by atoms with E-state index in [0.717, 1.165) is 33.3 Å². The van der Waals surface area contributed by atoms with Crippen molar-refractivity contribution >= 4 is 33.3 Å². The molecule has 0 amide bonds. The minimum atomic E-state index is -0.105. The van der Waals surface area contributed by atoms with Crippen molar-refractivity contribution in [1.82, 2.24) is 0 Å². The van der Waals surface area contributed by atoms with Crippen LogP contribution >= 0.6 is 0 Å². The van der Waals surface area contributed by atoms with E-state index in [0.29, 0.717) is 0 Å². The maximum Gasteiger partial charge on any atom is 0.137 e. The van der Waals surface area contributed by atoms with Gasteiger partial charge in [-0.15, -0.1) is 0 Å². The maximum absolute atomic E-state index is 6.29. The van der Waals surface area contributed by atoms with Crippen LogP contribution in [0.1, 0.15) is 25.0 Å². The number of hydrogen-bond donors (Lipinski definition) is 1. The molecule has 2 heteroatoms. The summed E-state index contributed by atoms with van der Waals surface area (Å²) in [5.41, 5.74) is 14.1. The molecule has 1 aromatic heterocycles. The zero-order valence-corrected chi connectivity index (χ0v) is 23.1. The highest BCUT2D eigenvalue weighted by Crippen LogP contribution is 2.53. The Labute approximate surface area is 239 Å². The van der Waals surface area contributed by atoms with Crippen molar-refractivity contribution in [2.24, 2.45) is 0 Å². The molecule has 0 saturated heterocycles. The first-order chi connectivity index (χ1) is 20.1. The molecule has 1 aliphatic carbocycles. The van der Waals surface area contributed by atoms with Gasteiger partial charge in [-0.25, -0.2) is 0 Å². The second kappa shape index (κ2) is 8.97. The summed E-state index contributed by atoms with van der Waals surface area (Å²) in [5, 5.41) is 5.99. The summed E-state index contributed by atoms with van der Waals surface area (Å²) in [7, 11) is 0. The zero-order valence-electron chi connectivity index (χ0n) is 23.1. The molecule has 0 unspecified atom stereocenters. The zero-order chi connectivity index (χ0) is 27.6. The van der Waals surface area contributed by atoms with Gasteiger partial charge in [0, 0.05) is 16.5 Å². The molecule has 196 valence electrons. The lowest BCUT2D eigenvalue weighted by Gasteiger charge is -2.22. The van der Waals surface area contributed by atoms with Gasteiger partial charge in [-0.1, -0.05) is 111 Å². The lowest BCUT2D eigenvalue weighted by Crippen LogP contribution is -2.15. The van der Waals surface area contributed by atoms with Crippen LogP contribution in [0.4, 0.5) is 11.4 Å². The van der Waals surface area contributed by atoms with Crippen molar-refractivity contribution in [2.75, 3.05) is 5.32 Å². The molecule has 1 heterocycles. The van der Waals surface area contributed by atoms with E-state index in [4.69, 9.17) is 4.42 Å². The molecule has 7 aromatic rings. The number of nitrogens with one attached hydrogen (secondary N) is 1. The van der Waals surface area contributed by atoms with Gasteiger partial charge in [0.2, 0.25) is 0 Å². The Kier molecular flexibility index (Phi) is 5.20. The van der Waals surface area contributed by atoms with Gasteiger partial charge in [0.1, 0.15) is 11.2 Å². The molecule has 0 aliphatic heterocycles. The van der Waals surface area contributed by atoms with Crippen LogP contribution in [-0.4, -0.2) is 0 Å². The van der Waals surface area contributed by atoms with Crippen molar-refractivity contribution in [3.8, 4) is 33.4 Å². The first kappa shape index (κ1) is 23.8. The van der Waals surface area contributed by atoms with Crippen LogP contribution in [0.15, 0.2) is 138 Å². The van der Waals surface area contributed by atoms with Gasteiger partial charge in [0.15, 0.2) is 0 Å².